The van der Waals surface area contributed by atoms with Crippen LogP contribution in [-0.4, -0.2) is 23.1 Å². The van der Waals surface area contributed by atoms with Gasteiger partial charge in [0.25, 0.3) is 0 Å². The fourth-order valence-corrected chi connectivity index (χ4v) is 4.82. The maximum absolute atomic E-state index is 3.60. The smallest absolute Gasteiger partial charge is 0.121 e. The Morgan fingerprint density at radius 2 is 1.64 bits per heavy atom. The van der Waals surface area contributed by atoms with Gasteiger partial charge in [-0.15, -0.1) is 0 Å². The minimum Gasteiger partial charge on any atom is -0.337 e. The first-order chi connectivity index (χ1) is 4.99. The van der Waals surface area contributed by atoms with Gasteiger partial charge in [0.15, 0.2) is 0 Å². The van der Waals surface area contributed by atoms with Crippen molar-refractivity contribution in [3.05, 3.63) is 0 Å². The third kappa shape index (κ3) is 6.78. The van der Waals surface area contributed by atoms with Gasteiger partial charge in [0.2, 0.25) is 0 Å². The van der Waals surface area contributed by atoms with Gasteiger partial charge in [0.05, 0.1) is 8.31 Å². The standard InChI is InChI=1S/C8H20NSi2/c1-6-11(7-2)10-9-8(3,4)5/h9H,6-7H2,1-5H3. The zero-order valence-electron chi connectivity index (χ0n) is 8.41. The van der Waals surface area contributed by atoms with Gasteiger partial charge in [-0.2, -0.15) is 0 Å². The summed E-state index contributed by atoms with van der Waals surface area (Å²) in [5, 5.41) is 0. The molecular formula is C8H20NSi2. The largest absolute Gasteiger partial charge is 0.337 e. The fourth-order valence-electron chi connectivity index (χ4n) is 0.703. The Morgan fingerprint density at radius 1 is 1.18 bits per heavy atom. The van der Waals surface area contributed by atoms with Crippen molar-refractivity contribution in [1.29, 1.82) is 0 Å². The highest BCUT2D eigenvalue weighted by Crippen LogP contribution is 2.00. The Balaban J connectivity index is 3.51. The Morgan fingerprint density at radius 3 is 1.91 bits per heavy atom. The first kappa shape index (κ1) is 11.4. The first-order valence-corrected chi connectivity index (χ1v) is 8.29. The molecule has 0 aliphatic rings. The predicted octanol–water partition coefficient (Wildman–Crippen LogP) is 2.02. The summed E-state index contributed by atoms with van der Waals surface area (Å²) in [5.41, 5.74) is 0.318. The van der Waals surface area contributed by atoms with Gasteiger partial charge < -0.3 is 4.98 Å². The van der Waals surface area contributed by atoms with Gasteiger partial charge in [0, 0.05) is 5.54 Å². The minimum atomic E-state index is -0.0396. The van der Waals surface area contributed by atoms with E-state index in [9.17, 15) is 0 Å². The molecule has 0 unspecified atom stereocenters. The maximum atomic E-state index is 3.60. The molecule has 0 aromatic carbocycles. The average Bonchev–Trinajstić information content (AvgIpc) is 1.88. The van der Waals surface area contributed by atoms with Gasteiger partial charge in [-0.05, 0) is 20.8 Å². The van der Waals surface area contributed by atoms with Crippen molar-refractivity contribution in [2.75, 3.05) is 0 Å². The van der Waals surface area contributed by atoms with E-state index < -0.39 is 0 Å². The lowest BCUT2D eigenvalue weighted by molar-refractivity contribution is 0.526. The van der Waals surface area contributed by atoms with Gasteiger partial charge in [-0.3, -0.25) is 0 Å². The Bertz CT molecular complexity index is 94.8. The Labute approximate surface area is 75.3 Å². The molecule has 0 amide bonds. The normalized spacial score (nSPS) is 12.5. The Kier molecular flexibility index (Phi) is 5.30. The van der Waals surface area contributed by atoms with E-state index in [2.05, 4.69) is 39.6 Å². The van der Waals surface area contributed by atoms with Gasteiger partial charge in [-0.1, -0.05) is 25.9 Å². The Hall–Kier alpha value is 0.394. The predicted molar refractivity (Wildman–Crippen MR) is 55.4 cm³/mol. The van der Waals surface area contributed by atoms with Crippen LogP contribution in [0, 0.1) is 0 Å². The van der Waals surface area contributed by atoms with Crippen LogP contribution < -0.4 is 4.98 Å². The highest BCUT2D eigenvalue weighted by Gasteiger charge is 2.13. The molecule has 1 nitrogen and oxygen atoms in total. The molecule has 0 aliphatic carbocycles. The molecule has 0 bridgehead atoms. The zero-order valence-corrected chi connectivity index (χ0v) is 10.4. The molecule has 11 heavy (non-hydrogen) atoms. The third-order valence-electron chi connectivity index (χ3n) is 1.47. The third-order valence-corrected chi connectivity index (χ3v) is 7.96. The number of hydrogen-bond acceptors (Lipinski definition) is 1. The molecule has 0 saturated carbocycles. The summed E-state index contributed by atoms with van der Waals surface area (Å²) in [6.45, 7) is 11.4. The van der Waals surface area contributed by atoms with Crippen molar-refractivity contribution in [2.45, 2.75) is 52.2 Å². The summed E-state index contributed by atoms with van der Waals surface area (Å²) in [6.07, 6.45) is 0. The van der Waals surface area contributed by atoms with E-state index in [1.165, 1.54) is 12.1 Å². The molecule has 1 N–H and O–H groups in total. The van der Waals surface area contributed by atoms with E-state index >= 15 is 0 Å². The zero-order chi connectivity index (χ0) is 8.91. The molecule has 65 valence electrons. The van der Waals surface area contributed by atoms with Crippen LogP contribution in [0.15, 0.2) is 0 Å². The quantitative estimate of drug-likeness (QED) is 0.663. The summed E-state index contributed by atoms with van der Waals surface area (Å²) in [5.74, 6) is 0. The maximum Gasteiger partial charge on any atom is 0.121 e. The molecular weight excluding hydrogens is 166 g/mol. The van der Waals surface area contributed by atoms with E-state index in [0.29, 0.717) is 5.54 Å². The van der Waals surface area contributed by atoms with Crippen molar-refractivity contribution >= 4 is 17.5 Å². The van der Waals surface area contributed by atoms with Crippen LogP contribution in [0.2, 0.25) is 12.1 Å². The van der Waals surface area contributed by atoms with Gasteiger partial charge >= 0.3 is 0 Å². The highest BCUT2D eigenvalue weighted by atomic mass is 29.2. The van der Waals surface area contributed by atoms with Crippen molar-refractivity contribution in [1.82, 2.24) is 4.98 Å². The van der Waals surface area contributed by atoms with Crippen molar-refractivity contribution in [3.63, 3.8) is 0 Å². The van der Waals surface area contributed by atoms with Crippen LogP contribution in [0.5, 0.6) is 0 Å². The van der Waals surface area contributed by atoms with Crippen LogP contribution in [0.3, 0.4) is 0 Å². The molecule has 0 heterocycles. The lowest BCUT2D eigenvalue weighted by atomic mass is 10.1. The van der Waals surface area contributed by atoms with E-state index in [-0.39, 0.29) is 8.31 Å². The number of nitrogens with one attached hydrogen (secondary N) is 1. The van der Waals surface area contributed by atoms with Crippen LogP contribution in [0.1, 0.15) is 34.6 Å². The lowest BCUT2D eigenvalue weighted by Gasteiger charge is -2.22. The fraction of sp³-hybridized carbons (Fsp3) is 1.00. The van der Waals surface area contributed by atoms with Crippen molar-refractivity contribution in [3.8, 4) is 0 Å². The summed E-state index contributed by atoms with van der Waals surface area (Å²) < 4.78 is 0. The van der Waals surface area contributed by atoms with E-state index in [4.69, 9.17) is 0 Å². The van der Waals surface area contributed by atoms with Gasteiger partial charge in [0.1, 0.15) is 9.20 Å². The van der Waals surface area contributed by atoms with E-state index in [1.807, 2.05) is 0 Å². The topological polar surface area (TPSA) is 12.0 Å². The molecule has 0 fully saturated rings. The molecule has 0 aliphatic heterocycles. The molecule has 3 radical (unpaired) electrons. The van der Waals surface area contributed by atoms with Crippen LogP contribution in [0.4, 0.5) is 0 Å². The summed E-state index contributed by atoms with van der Waals surface area (Å²) in [4.78, 5) is 3.60. The molecule has 0 atom stereocenters. The molecule has 0 aromatic heterocycles. The number of hydrogen-bond donors (Lipinski definition) is 1. The number of rotatable bonds is 4. The molecule has 3 heteroatoms. The van der Waals surface area contributed by atoms with Crippen molar-refractivity contribution in [2.24, 2.45) is 0 Å². The minimum absolute atomic E-state index is 0.0396. The van der Waals surface area contributed by atoms with Crippen LogP contribution in [-0.2, 0) is 0 Å². The highest BCUT2D eigenvalue weighted by molar-refractivity contribution is 7.11. The summed E-state index contributed by atoms with van der Waals surface area (Å²) >= 11 is 0. The molecule has 0 spiro atoms. The van der Waals surface area contributed by atoms with Crippen LogP contribution in [0.25, 0.3) is 0 Å². The first-order valence-electron chi connectivity index (χ1n) is 4.37. The second kappa shape index (κ2) is 5.11. The summed E-state index contributed by atoms with van der Waals surface area (Å²) in [7, 11) is 0.987. The monoisotopic (exact) mass is 186 g/mol. The molecule has 0 rings (SSSR count). The lowest BCUT2D eigenvalue weighted by Crippen LogP contribution is -2.45. The molecule has 0 saturated heterocycles. The van der Waals surface area contributed by atoms with Gasteiger partial charge in [-0.25, -0.2) is 0 Å². The van der Waals surface area contributed by atoms with Crippen LogP contribution >= 0.6 is 0 Å². The SMILES string of the molecule is CC[Si](CC)[Si]NC(C)(C)C. The average molecular weight is 186 g/mol. The van der Waals surface area contributed by atoms with E-state index in [1.54, 1.807) is 0 Å². The second-order valence-electron chi connectivity index (χ2n) is 3.81. The second-order valence-corrected chi connectivity index (χ2v) is 9.80. The van der Waals surface area contributed by atoms with E-state index in [0.717, 1.165) is 9.20 Å². The molecule has 0 aromatic rings. The van der Waals surface area contributed by atoms with Crippen molar-refractivity contribution < 1.29 is 0 Å². The summed E-state index contributed by atoms with van der Waals surface area (Å²) in [6, 6.07) is 2.81.